The smallest absolute Gasteiger partial charge is 0.431 e. The molecule has 0 aromatic heterocycles. The normalized spacial score (nSPS) is 22.8. The summed E-state index contributed by atoms with van der Waals surface area (Å²) in [6.45, 7) is 6.67. The van der Waals surface area contributed by atoms with Gasteiger partial charge >= 0.3 is 12.1 Å². The molecule has 1 saturated carbocycles. The minimum absolute atomic E-state index is 0.0335. The highest BCUT2D eigenvalue weighted by Crippen LogP contribution is 2.23. The Hall–Kier alpha value is -2.89. The molecular formula is C28H46N4O8. The van der Waals surface area contributed by atoms with E-state index in [0.717, 1.165) is 64.5 Å². The van der Waals surface area contributed by atoms with Crippen LogP contribution in [0.3, 0.4) is 0 Å². The van der Waals surface area contributed by atoms with Gasteiger partial charge in [0.15, 0.2) is 0 Å². The van der Waals surface area contributed by atoms with Crippen molar-refractivity contribution >= 4 is 29.8 Å². The van der Waals surface area contributed by atoms with E-state index in [4.69, 9.17) is 14.2 Å². The molecule has 0 radical (unpaired) electrons. The molecule has 226 valence electrons. The van der Waals surface area contributed by atoms with E-state index in [1.54, 1.807) is 4.90 Å². The summed E-state index contributed by atoms with van der Waals surface area (Å²) in [7, 11) is 0. The van der Waals surface area contributed by atoms with E-state index in [0.29, 0.717) is 31.7 Å². The van der Waals surface area contributed by atoms with Crippen molar-refractivity contribution in [3.8, 4) is 0 Å². The van der Waals surface area contributed by atoms with Crippen molar-refractivity contribution < 1.29 is 38.2 Å². The van der Waals surface area contributed by atoms with E-state index in [1.165, 1.54) is 20.8 Å². The summed E-state index contributed by atoms with van der Waals surface area (Å²) in [6, 6.07) is 0. The molecule has 2 aliphatic heterocycles. The number of likely N-dealkylation sites (tertiary alicyclic amines) is 1. The predicted octanol–water partition coefficient (Wildman–Crippen LogP) is 2.35. The zero-order valence-electron chi connectivity index (χ0n) is 24.1. The molecule has 2 saturated heterocycles. The highest BCUT2D eigenvalue weighted by molar-refractivity contribution is 5.92. The lowest BCUT2D eigenvalue weighted by Gasteiger charge is -2.35. The van der Waals surface area contributed by atoms with Crippen LogP contribution in [0.5, 0.6) is 0 Å². The standard InChI is InChI=1S/C28H46N4O8/c1-19(33)30-28(3,26(36)38-20(2)39-27(37)40-23-9-5-4-6-10-23)31-25(35)22-8-7-17-32(18-22)24(34)12-11-21-13-15-29-16-14-21/h20-23,29H,4-18H2,1-3H3,(H,30,33)(H,31,35)/t20?,22-,28+/m1/s1. The first kappa shape index (κ1) is 31.6. The number of rotatable bonds is 10. The SMILES string of the molecule is CC(=O)N[C@@](C)(NC(=O)[C@@H]1CCCN(C(=O)CCC2CCNCC2)C1)C(=O)OC(C)OC(=O)OC1CCCCC1. The van der Waals surface area contributed by atoms with Crippen LogP contribution in [-0.2, 0) is 33.4 Å². The lowest BCUT2D eigenvalue weighted by atomic mass is 9.92. The molecule has 1 unspecified atom stereocenters. The van der Waals surface area contributed by atoms with E-state index >= 15 is 0 Å². The van der Waals surface area contributed by atoms with Gasteiger partial charge in [-0.25, -0.2) is 9.59 Å². The van der Waals surface area contributed by atoms with Gasteiger partial charge in [0.1, 0.15) is 6.10 Å². The molecule has 12 heteroatoms. The second-order valence-electron chi connectivity index (χ2n) is 11.4. The third kappa shape index (κ3) is 9.94. The van der Waals surface area contributed by atoms with Gasteiger partial charge in [-0.15, -0.1) is 0 Å². The summed E-state index contributed by atoms with van der Waals surface area (Å²) >= 11 is 0. The quantitative estimate of drug-likeness (QED) is 0.267. The van der Waals surface area contributed by atoms with Gasteiger partial charge in [-0.1, -0.05) is 6.42 Å². The molecular weight excluding hydrogens is 520 g/mol. The van der Waals surface area contributed by atoms with Gasteiger partial charge in [-0.3, -0.25) is 14.4 Å². The average molecular weight is 567 g/mol. The third-order valence-corrected chi connectivity index (χ3v) is 7.93. The summed E-state index contributed by atoms with van der Waals surface area (Å²) in [4.78, 5) is 64.9. The Morgan fingerprint density at radius 2 is 1.65 bits per heavy atom. The second-order valence-corrected chi connectivity index (χ2v) is 11.4. The van der Waals surface area contributed by atoms with E-state index in [9.17, 15) is 24.0 Å². The van der Waals surface area contributed by atoms with Gasteiger partial charge in [0.25, 0.3) is 0 Å². The maximum Gasteiger partial charge on any atom is 0.511 e. The van der Waals surface area contributed by atoms with E-state index in [2.05, 4.69) is 16.0 Å². The molecule has 3 aliphatic rings. The maximum absolute atomic E-state index is 13.2. The topological polar surface area (TPSA) is 152 Å². The number of amides is 3. The number of nitrogens with zero attached hydrogens (tertiary/aromatic N) is 1. The highest BCUT2D eigenvalue weighted by Gasteiger charge is 2.41. The Morgan fingerprint density at radius 3 is 2.33 bits per heavy atom. The Kier molecular flexibility index (Phi) is 12.0. The number of hydrogen-bond donors (Lipinski definition) is 3. The van der Waals surface area contributed by atoms with Crippen LogP contribution in [0, 0.1) is 11.8 Å². The van der Waals surface area contributed by atoms with E-state index < -0.39 is 41.8 Å². The predicted molar refractivity (Wildman–Crippen MR) is 144 cm³/mol. The van der Waals surface area contributed by atoms with Crippen molar-refractivity contribution in [1.29, 1.82) is 0 Å². The molecule has 3 fully saturated rings. The summed E-state index contributed by atoms with van der Waals surface area (Å²) in [5.41, 5.74) is -1.91. The molecule has 2 heterocycles. The number of carbonyl (C=O) groups excluding carboxylic acids is 5. The van der Waals surface area contributed by atoms with Crippen LogP contribution in [-0.4, -0.2) is 79.0 Å². The zero-order chi connectivity index (χ0) is 29.1. The molecule has 3 amide bonds. The number of carbonyl (C=O) groups is 5. The van der Waals surface area contributed by atoms with Crippen LogP contribution in [0.25, 0.3) is 0 Å². The minimum atomic E-state index is -1.91. The van der Waals surface area contributed by atoms with Crippen LogP contribution in [0.15, 0.2) is 0 Å². The van der Waals surface area contributed by atoms with Crippen molar-refractivity contribution in [3.05, 3.63) is 0 Å². The number of ether oxygens (including phenoxy) is 3. The van der Waals surface area contributed by atoms with Crippen molar-refractivity contribution in [2.45, 2.75) is 109 Å². The average Bonchev–Trinajstić information content (AvgIpc) is 2.92. The van der Waals surface area contributed by atoms with Gasteiger partial charge in [-0.2, -0.15) is 0 Å². The molecule has 0 aromatic rings. The first-order chi connectivity index (χ1) is 19.1. The lowest BCUT2D eigenvalue weighted by molar-refractivity contribution is -0.179. The van der Waals surface area contributed by atoms with Gasteiger partial charge in [0, 0.05) is 33.4 Å². The monoisotopic (exact) mass is 566 g/mol. The van der Waals surface area contributed by atoms with Crippen molar-refractivity contribution in [1.82, 2.24) is 20.9 Å². The lowest BCUT2D eigenvalue weighted by Crippen LogP contribution is -2.65. The number of esters is 1. The van der Waals surface area contributed by atoms with Crippen LogP contribution >= 0.6 is 0 Å². The zero-order valence-corrected chi connectivity index (χ0v) is 24.1. The maximum atomic E-state index is 13.2. The Labute approximate surface area is 236 Å². The van der Waals surface area contributed by atoms with Crippen LogP contribution in [0.1, 0.15) is 91.4 Å². The molecule has 1 aliphatic carbocycles. The molecule has 0 aromatic carbocycles. The molecule has 40 heavy (non-hydrogen) atoms. The molecule has 3 atom stereocenters. The van der Waals surface area contributed by atoms with Gasteiger partial charge in [-0.05, 0) is 83.7 Å². The number of nitrogens with one attached hydrogen (secondary N) is 3. The van der Waals surface area contributed by atoms with Crippen molar-refractivity contribution in [3.63, 3.8) is 0 Å². The number of hydrogen-bond acceptors (Lipinski definition) is 9. The highest BCUT2D eigenvalue weighted by atomic mass is 16.8. The van der Waals surface area contributed by atoms with E-state index in [1.807, 2.05) is 0 Å². The Balaban J connectivity index is 1.52. The van der Waals surface area contributed by atoms with Crippen molar-refractivity contribution in [2.75, 3.05) is 26.2 Å². The fourth-order valence-corrected chi connectivity index (χ4v) is 5.68. The number of piperidine rings is 2. The molecule has 0 bridgehead atoms. The van der Waals surface area contributed by atoms with Gasteiger partial charge < -0.3 is 35.1 Å². The van der Waals surface area contributed by atoms with Crippen LogP contribution in [0.4, 0.5) is 4.79 Å². The molecule has 3 N–H and O–H groups in total. The summed E-state index contributed by atoms with van der Waals surface area (Å²) < 4.78 is 15.6. The first-order valence-electron chi connectivity index (χ1n) is 14.7. The van der Waals surface area contributed by atoms with E-state index in [-0.39, 0.29) is 18.6 Å². The molecule has 12 nitrogen and oxygen atoms in total. The van der Waals surface area contributed by atoms with Gasteiger partial charge in [0.2, 0.25) is 29.7 Å². The largest absolute Gasteiger partial charge is 0.511 e. The summed E-state index contributed by atoms with van der Waals surface area (Å²) in [6.07, 6.45) is 6.74. The van der Waals surface area contributed by atoms with Gasteiger partial charge in [0.05, 0.1) is 5.92 Å². The molecule has 3 rings (SSSR count). The fraction of sp³-hybridized carbons (Fsp3) is 0.821. The Bertz CT molecular complexity index is 903. The summed E-state index contributed by atoms with van der Waals surface area (Å²) in [5.74, 6) is -2.01. The van der Waals surface area contributed by atoms with Crippen LogP contribution in [0.2, 0.25) is 0 Å². The van der Waals surface area contributed by atoms with Crippen LogP contribution < -0.4 is 16.0 Å². The Morgan fingerprint density at radius 1 is 0.950 bits per heavy atom. The third-order valence-electron chi connectivity index (χ3n) is 7.93. The van der Waals surface area contributed by atoms with Crippen molar-refractivity contribution in [2.24, 2.45) is 11.8 Å². The second kappa shape index (κ2) is 15.2. The minimum Gasteiger partial charge on any atom is -0.431 e. The first-order valence-corrected chi connectivity index (χ1v) is 14.7. The molecule has 0 spiro atoms. The fourth-order valence-electron chi connectivity index (χ4n) is 5.68. The summed E-state index contributed by atoms with van der Waals surface area (Å²) in [5, 5.41) is 8.37.